The van der Waals surface area contributed by atoms with Gasteiger partial charge in [-0.15, -0.1) is 0 Å². The Morgan fingerprint density at radius 1 is 1.18 bits per heavy atom. The van der Waals surface area contributed by atoms with Crippen molar-refractivity contribution >= 4 is 17.5 Å². The topological polar surface area (TPSA) is 35.6 Å². The van der Waals surface area contributed by atoms with Crippen molar-refractivity contribution in [2.45, 2.75) is 38.4 Å². The Morgan fingerprint density at radius 2 is 1.86 bits per heavy atom. The number of benzene rings is 2. The second-order valence-electron chi connectivity index (χ2n) is 7.97. The number of hydrogen-bond donors (Lipinski definition) is 1. The van der Waals surface area contributed by atoms with Gasteiger partial charge in [0.1, 0.15) is 6.04 Å². The molecule has 5 heteroatoms. The molecular formula is C23H30ClN3O. The zero-order valence-electron chi connectivity index (χ0n) is 17.0. The molecule has 1 heterocycles. The maximum absolute atomic E-state index is 13.0. The predicted octanol–water partition coefficient (Wildman–Crippen LogP) is 4.03. The van der Waals surface area contributed by atoms with Crippen molar-refractivity contribution in [2.24, 2.45) is 0 Å². The number of nitrogens with one attached hydrogen (secondary N) is 1. The van der Waals surface area contributed by atoms with Crippen molar-refractivity contribution in [1.82, 2.24) is 15.1 Å². The van der Waals surface area contributed by atoms with Gasteiger partial charge in [-0.25, -0.2) is 0 Å². The standard InChI is InChI=1S/C23H30ClN3O/c1-17-5-4-6-19(15-17)22(26(2)3)23(28)25-21-11-13-27(14-12-21)16-18-7-9-20(24)10-8-18/h4-10,15,21-22H,11-14,16H2,1-3H3,(H,25,28). The molecule has 1 saturated heterocycles. The SMILES string of the molecule is Cc1cccc(C(C(=O)NC2CCN(Cc3ccc(Cl)cc3)CC2)N(C)C)c1. The van der Waals surface area contributed by atoms with E-state index >= 15 is 0 Å². The normalized spacial score (nSPS) is 16.9. The van der Waals surface area contributed by atoms with Gasteiger partial charge in [0, 0.05) is 30.7 Å². The van der Waals surface area contributed by atoms with Crippen LogP contribution in [0.15, 0.2) is 48.5 Å². The maximum Gasteiger partial charge on any atom is 0.242 e. The van der Waals surface area contributed by atoms with Crippen LogP contribution in [0.3, 0.4) is 0 Å². The van der Waals surface area contributed by atoms with Crippen LogP contribution in [0.2, 0.25) is 5.02 Å². The van der Waals surface area contributed by atoms with E-state index in [9.17, 15) is 4.79 Å². The number of likely N-dealkylation sites (tertiary alicyclic amines) is 1. The molecule has 1 N–H and O–H groups in total. The predicted molar refractivity (Wildman–Crippen MR) is 116 cm³/mol. The molecule has 0 saturated carbocycles. The van der Waals surface area contributed by atoms with Crippen LogP contribution in [0.4, 0.5) is 0 Å². The first kappa shape index (κ1) is 20.8. The molecule has 1 fully saturated rings. The Morgan fingerprint density at radius 3 is 2.46 bits per heavy atom. The molecule has 0 spiro atoms. The van der Waals surface area contributed by atoms with Gasteiger partial charge in [0.2, 0.25) is 5.91 Å². The number of halogens is 1. The summed E-state index contributed by atoms with van der Waals surface area (Å²) in [5.74, 6) is 0.0896. The van der Waals surface area contributed by atoms with E-state index in [1.807, 2.05) is 43.3 Å². The van der Waals surface area contributed by atoms with Crippen molar-refractivity contribution in [1.29, 1.82) is 0 Å². The molecule has 1 aliphatic heterocycles. The van der Waals surface area contributed by atoms with Gasteiger partial charge in [0.05, 0.1) is 0 Å². The Kier molecular flexibility index (Phi) is 7.11. The summed E-state index contributed by atoms with van der Waals surface area (Å²) in [5, 5.41) is 4.06. The first-order valence-corrected chi connectivity index (χ1v) is 10.3. The lowest BCUT2D eigenvalue weighted by molar-refractivity contribution is -0.126. The van der Waals surface area contributed by atoms with E-state index < -0.39 is 0 Å². The van der Waals surface area contributed by atoms with Crippen LogP contribution >= 0.6 is 11.6 Å². The van der Waals surface area contributed by atoms with Crippen LogP contribution in [0.5, 0.6) is 0 Å². The second kappa shape index (κ2) is 9.55. The van der Waals surface area contributed by atoms with E-state index in [0.29, 0.717) is 0 Å². The third kappa shape index (κ3) is 5.57. The summed E-state index contributed by atoms with van der Waals surface area (Å²) in [6.45, 7) is 4.97. The van der Waals surface area contributed by atoms with Crippen LogP contribution in [-0.2, 0) is 11.3 Å². The lowest BCUT2D eigenvalue weighted by Gasteiger charge is -2.34. The number of piperidine rings is 1. The summed E-state index contributed by atoms with van der Waals surface area (Å²) >= 11 is 5.97. The number of aryl methyl sites for hydroxylation is 1. The summed E-state index contributed by atoms with van der Waals surface area (Å²) in [6.07, 6.45) is 1.96. The summed E-state index contributed by atoms with van der Waals surface area (Å²) in [4.78, 5) is 17.4. The van der Waals surface area contributed by atoms with Gasteiger partial charge in [0.15, 0.2) is 0 Å². The first-order valence-electron chi connectivity index (χ1n) is 9.92. The van der Waals surface area contributed by atoms with Gasteiger partial charge in [0.25, 0.3) is 0 Å². The highest BCUT2D eigenvalue weighted by molar-refractivity contribution is 6.30. The molecule has 2 aromatic carbocycles. The zero-order valence-corrected chi connectivity index (χ0v) is 17.7. The van der Waals surface area contributed by atoms with Gasteiger partial charge in [-0.1, -0.05) is 53.6 Å². The van der Waals surface area contributed by atoms with E-state index in [1.54, 1.807) is 0 Å². The largest absolute Gasteiger partial charge is 0.352 e. The summed E-state index contributed by atoms with van der Waals surface area (Å²) < 4.78 is 0. The minimum Gasteiger partial charge on any atom is -0.352 e. The molecule has 28 heavy (non-hydrogen) atoms. The van der Waals surface area contributed by atoms with Crippen molar-refractivity contribution < 1.29 is 4.79 Å². The van der Waals surface area contributed by atoms with Gasteiger partial charge < -0.3 is 5.32 Å². The van der Waals surface area contributed by atoms with Crippen molar-refractivity contribution in [2.75, 3.05) is 27.2 Å². The molecule has 2 aromatic rings. The van der Waals surface area contributed by atoms with E-state index in [2.05, 4.69) is 41.4 Å². The van der Waals surface area contributed by atoms with Gasteiger partial charge in [-0.2, -0.15) is 0 Å². The number of amides is 1. The van der Waals surface area contributed by atoms with Crippen LogP contribution in [0.1, 0.15) is 35.6 Å². The summed E-state index contributed by atoms with van der Waals surface area (Å²) in [6, 6.07) is 16.2. The highest BCUT2D eigenvalue weighted by Crippen LogP contribution is 2.21. The van der Waals surface area contributed by atoms with Crippen molar-refractivity contribution in [3.8, 4) is 0 Å². The minimum atomic E-state index is -0.257. The fourth-order valence-electron chi connectivity index (χ4n) is 3.89. The van der Waals surface area contributed by atoms with Crippen molar-refractivity contribution in [3.05, 3.63) is 70.2 Å². The highest BCUT2D eigenvalue weighted by Gasteiger charge is 2.27. The summed E-state index contributed by atoms with van der Waals surface area (Å²) in [7, 11) is 3.92. The molecule has 3 rings (SSSR count). The Labute approximate surface area is 173 Å². The molecule has 1 atom stereocenters. The van der Waals surface area contributed by atoms with Crippen molar-refractivity contribution in [3.63, 3.8) is 0 Å². The number of nitrogens with zero attached hydrogens (tertiary/aromatic N) is 2. The van der Waals surface area contributed by atoms with Gasteiger partial charge in [-0.3, -0.25) is 14.6 Å². The lowest BCUT2D eigenvalue weighted by Crippen LogP contribution is -2.47. The van der Waals surface area contributed by atoms with E-state index in [0.717, 1.165) is 43.1 Å². The molecule has 0 aliphatic carbocycles. The number of carbonyl (C=O) groups is 1. The monoisotopic (exact) mass is 399 g/mol. The average molecular weight is 400 g/mol. The Bertz CT molecular complexity index is 783. The molecule has 150 valence electrons. The molecule has 0 bridgehead atoms. The Hall–Kier alpha value is -1.88. The third-order valence-corrected chi connectivity index (χ3v) is 5.63. The van der Waals surface area contributed by atoms with E-state index in [-0.39, 0.29) is 18.0 Å². The van der Waals surface area contributed by atoms with E-state index in [4.69, 9.17) is 11.6 Å². The summed E-state index contributed by atoms with van der Waals surface area (Å²) in [5.41, 5.74) is 3.49. The van der Waals surface area contributed by atoms with Crippen LogP contribution in [-0.4, -0.2) is 48.9 Å². The number of likely N-dealkylation sites (N-methyl/N-ethyl adjacent to an activating group) is 1. The smallest absolute Gasteiger partial charge is 0.242 e. The molecular weight excluding hydrogens is 370 g/mol. The number of carbonyl (C=O) groups excluding carboxylic acids is 1. The van der Waals surface area contributed by atoms with Gasteiger partial charge >= 0.3 is 0 Å². The van der Waals surface area contributed by atoms with Crippen LogP contribution in [0.25, 0.3) is 0 Å². The average Bonchev–Trinajstić information content (AvgIpc) is 2.65. The fourth-order valence-corrected chi connectivity index (χ4v) is 4.01. The van der Waals surface area contributed by atoms with Crippen LogP contribution < -0.4 is 5.32 Å². The molecule has 1 unspecified atom stereocenters. The van der Waals surface area contributed by atoms with Gasteiger partial charge in [-0.05, 0) is 57.1 Å². The first-order chi connectivity index (χ1) is 13.4. The molecule has 1 amide bonds. The molecule has 1 aliphatic rings. The minimum absolute atomic E-state index is 0.0896. The maximum atomic E-state index is 13.0. The lowest BCUT2D eigenvalue weighted by atomic mass is 10.00. The molecule has 0 aromatic heterocycles. The van der Waals surface area contributed by atoms with E-state index in [1.165, 1.54) is 11.1 Å². The molecule has 0 radical (unpaired) electrons. The third-order valence-electron chi connectivity index (χ3n) is 5.38. The Balaban J connectivity index is 1.54. The number of hydrogen-bond acceptors (Lipinski definition) is 3. The van der Waals surface area contributed by atoms with Crippen LogP contribution in [0, 0.1) is 6.92 Å². The zero-order chi connectivity index (χ0) is 20.1. The quantitative estimate of drug-likeness (QED) is 0.796. The fraction of sp³-hybridized carbons (Fsp3) is 0.435. The highest BCUT2D eigenvalue weighted by atomic mass is 35.5. The second-order valence-corrected chi connectivity index (χ2v) is 8.40. The number of rotatable bonds is 6. The molecule has 4 nitrogen and oxygen atoms in total.